The topological polar surface area (TPSA) is 61.9 Å². The molecular weight excluding hydrogens is 354 g/mol. The van der Waals surface area contributed by atoms with Crippen molar-refractivity contribution in [3.8, 4) is 0 Å². The van der Waals surface area contributed by atoms with Crippen molar-refractivity contribution < 1.29 is 14.3 Å². The van der Waals surface area contributed by atoms with Gasteiger partial charge in [-0.05, 0) is 50.2 Å². The van der Waals surface area contributed by atoms with Gasteiger partial charge in [0.1, 0.15) is 0 Å². The lowest BCUT2D eigenvalue weighted by Crippen LogP contribution is -2.57. The Morgan fingerprint density at radius 1 is 1.08 bits per heavy atom. The number of ether oxygens (including phenoxy) is 1. The quantitative estimate of drug-likeness (QED) is 0.864. The first-order valence-electron chi connectivity index (χ1n) is 9.10. The molecule has 0 aliphatic carbocycles. The van der Waals surface area contributed by atoms with Crippen molar-refractivity contribution in [2.75, 3.05) is 53.0 Å². The molecule has 2 heterocycles. The normalized spacial score (nSPS) is 20.1. The molecule has 2 aliphatic rings. The average Bonchev–Trinajstić information content (AvgIpc) is 2.68. The standard InChI is InChI=1S/C19H26ClN3O3/c1-26-14-19(6-8-21-9-7-19)18(25)23-12-10-22(11-13-23)17(24)15-2-4-16(20)5-3-15/h2-5,21H,6-14H2,1H3. The van der Waals surface area contributed by atoms with Crippen LogP contribution in [-0.4, -0.2) is 74.6 Å². The van der Waals surface area contributed by atoms with E-state index in [-0.39, 0.29) is 11.8 Å². The first kappa shape index (κ1) is 19.1. The zero-order valence-corrected chi connectivity index (χ0v) is 15.9. The minimum Gasteiger partial charge on any atom is -0.384 e. The minimum atomic E-state index is -0.428. The molecular formula is C19H26ClN3O3. The number of hydrogen-bond acceptors (Lipinski definition) is 4. The summed E-state index contributed by atoms with van der Waals surface area (Å²) in [5, 5.41) is 3.92. The lowest BCUT2D eigenvalue weighted by molar-refractivity contribution is -0.149. The third-order valence-corrected chi connectivity index (χ3v) is 5.63. The van der Waals surface area contributed by atoms with Crippen LogP contribution in [0.3, 0.4) is 0 Å². The Hall–Kier alpha value is -1.63. The second-order valence-corrected chi connectivity index (χ2v) is 7.49. The van der Waals surface area contributed by atoms with Gasteiger partial charge >= 0.3 is 0 Å². The fourth-order valence-corrected chi connectivity index (χ4v) is 3.95. The van der Waals surface area contributed by atoms with Crippen molar-refractivity contribution in [1.29, 1.82) is 0 Å². The molecule has 0 aromatic heterocycles. The summed E-state index contributed by atoms with van der Waals surface area (Å²) in [6, 6.07) is 6.93. The number of carbonyl (C=O) groups excluding carboxylic acids is 2. The molecule has 0 unspecified atom stereocenters. The summed E-state index contributed by atoms with van der Waals surface area (Å²) in [4.78, 5) is 29.5. The number of nitrogens with one attached hydrogen (secondary N) is 1. The molecule has 2 saturated heterocycles. The Morgan fingerprint density at radius 2 is 1.65 bits per heavy atom. The molecule has 26 heavy (non-hydrogen) atoms. The second-order valence-electron chi connectivity index (χ2n) is 7.05. The van der Waals surface area contributed by atoms with Crippen LogP contribution in [0, 0.1) is 5.41 Å². The van der Waals surface area contributed by atoms with Gasteiger partial charge in [0.2, 0.25) is 5.91 Å². The fraction of sp³-hybridized carbons (Fsp3) is 0.579. The number of rotatable bonds is 4. The Morgan fingerprint density at radius 3 is 2.23 bits per heavy atom. The summed E-state index contributed by atoms with van der Waals surface area (Å²) < 4.78 is 5.37. The highest BCUT2D eigenvalue weighted by Gasteiger charge is 2.43. The van der Waals surface area contributed by atoms with Crippen molar-refractivity contribution in [1.82, 2.24) is 15.1 Å². The van der Waals surface area contributed by atoms with E-state index in [1.165, 1.54) is 0 Å². The molecule has 0 spiro atoms. The number of hydrogen-bond donors (Lipinski definition) is 1. The Bertz CT molecular complexity index is 630. The molecule has 1 N–H and O–H groups in total. The van der Waals surface area contributed by atoms with Crippen LogP contribution in [-0.2, 0) is 9.53 Å². The zero-order chi connectivity index (χ0) is 18.6. The molecule has 6 nitrogen and oxygen atoms in total. The summed E-state index contributed by atoms with van der Waals surface area (Å²) in [6.45, 7) is 4.36. The Kier molecular flexibility index (Phi) is 6.16. The van der Waals surface area contributed by atoms with E-state index in [1.807, 2.05) is 4.90 Å². The first-order chi connectivity index (χ1) is 12.6. The molecule has 0 saturated carbocycles. The number of halogens is 1. The highest BCUT2D eigenvalue weighted by molar-refractivity contribution is 6.30. The zero-order valence-electron chi connectivity index (χ0n) is 15.2. The predicted molar refractivity (Wildman–Crippen MR) is 100 cm³/mol. The SMILES string of the molecule is COCC1(C(=O)N2CCN(C(=O)c3ccc(Cl)cc3)CC2)CCNCC1. The van der Waals surface area contributed by atoms with Crippen LogP contribution in [0.4, 0.5) is 0 Å². The third kappa shape index (κ3) is 4.03. The van der Waals surface area contributed by atoms with Crippen molar-refractivity contribution in [2.45, 2.75) is 12.8 Å². The fourth-order valence-electron chi connectivity index (χ4n) is 3.82. The van der Waals surface area contributed by atoms with Gasteiger partial charge in [0.15, 0.2) is 0 Å². The van der Waals surface area contributed by atoms with Crippen molar-refractivity contribution in [2.24, 2.45) is 5.41 Å². The van der Waals surface area contributed by atoms with E-state index in [4.69, 9.17) is 16.3 Å². The van der Waals surface area contributed by atoms with E-state index in [1.54, 1.807) is 36.3 Å². The van der Waals surface area contributed by atoms with Gasteiger partial charge in [0.05, 0.1) is 12.0 Å². The smallest absolute Gasteiger partial charge is 0.253 e. The van der Waals surface area contributed by atoms with Crippen molar-refractivity contribution in [3.63, 3.8) is 0 Å². The highest BCUT2D eigenvalue weighted by Crippen LogP contribution is 2.32. The van der Waals surface area contributed by atoms with Crippen LogP contribution in [0.25, 0.3) is 0 Å². The molecule has 0 atom stereocenters. The Balaban J connectivity index is 1.61. The molecule has 3 rings (SSSR count). The lowest BCUT2D eigenvalue weighted by Gasteiger charge is -2.42. The average molecular weight is 380 g/mol. The van der Waals surface area contributed by atoms with Crippen LogP contribution in [0.5, 0.6) is 0 Å². The van der Waals surface area contributed by atoms with Crippen LogP contribution in [0.2, 0.25) is 5.02 Å². The molecule has 1 aromatic rings. The van der Waals surface area contributed by atoms with Gasteiger partial charge in [-0.1, -0.05) is 11.6 Å². The summed E-state index contributed by atoms with van der Waals surface area (Å²) in [7, 11) is 1.65. The number of piperidine rings is 1. The number of nitrogens with zero attached hydrogens (tertiary/aromatic N) is 2. The van der Waals surface area contributed by atoms with Gasteiger partial charge in [0, 0.05) is 43.9 Å². The molecule has 2 aliphatic heterocycles. The minimum absolute atomic E-state index is 0.0118. The van der Waals surface area contributed by atoms with Gasteiger partial charge in [-0.25, -0.2) is 0 Å². The monoisotopic (exact) mass is 379 g/mol. The predicted octanol–water partition coefficient (Wildman–Crippen LogP) is 1.64. The number of benzene rings is 1. The summed E-state index contributed by atoms with van der Waals surface area (Å²) in [5.74, 6) is 0.154. The van der Waals surface area contributed by atoms with Gasteiger partial charge in [-0.15, -0.1) is 0 Å². The van der Waals surface area contributed by atoms with Gasteiger partial charge in [-0.2, -0.15) is 0 Å². The van der Waals surface area contributed by atoms with E-state index >= 15 is 0 Å². The number of piperazine rings is 1. The van der Waals surface area contributed by atoms with Crippen LogP contribution in [0.15, 0.2) is 24.3 Å². The highest BCUT2D eigenvalue weighted by atomic mass is 35.5. The molecule has 7 heteroatoms. The van der Waals surface area contributed by atoms with E-state index in [9.17, 15) is 9.59 Å². The molecule has 1 aromatic carbocycles. The molecule has 0 bridgehead atoms. The second kappa shape index (κ2) is 8.37. The number of carbonyl (C=O) groups is 2. The summed E-state index contributed by atoms with van der Waals surface area (Å²) >= 11 is 5.88. The summed E-state index contributed by atoms with van der Waals surface area (Å²) in [5.41, 5.74) is 0.200. The first-order valence-corrected chi connectivity index (χ1v) is 9.47. The van der Waals surface area contributed by atoms with E-state index in [2.05, 4.69) is 5.32 Å². The van der Waals surface area contributed by atoms with Crippen LogP contribution < -0.4 is 5.32 Å². The van der Waals surface area contributed by atoms with E-state index in [0.29, 0.717) is 43.4 Å². The lowest BCUT2D eigenvalue weighted by atomic mass is 9.78. The van der Waals surface area contributed by atoms with E-state index in [0.717, 1.165) is 25.9 Å². The van der Waals surface area contributed by atoms with Crippen LogP contribution >= 0.6 is 11.6 Å². The maximum Gasteiger partial charge on any atom is 0.253 e. The molecule has 0 radical (unpaired) electrons. The van der Waals surface area contributed by atoms with Crippen molar-refractivity contribution in [3.05, 3.63) is 34.9 Å². The molecule has 2 amide bonds. The van der Waals surface area contributed by atoms with Crippen LogP contribution in [0.1, 0.15) is 23.2 Å². The van der Waals surface area contributed by atoms with Gasteiger partial charge < -0.3 is 19.9 Å². The number of methoxy groups -OCH3 is 1. The van der Waals surface area contributed by atoms with Gasteiger partial charge in [0.25, 0.3) is 5.91 Å². The molecule has 142 valence electrons. The van der Waals surface area contributed by atoms with Crippen molar-refractivity contribution >= 4 is 23.4 Å². The Labute approximate surface area is 159 Å². The third-order valence-electron chi connectivity index (χ3n) is 5.38. The largest absolute Gasteiger partial charge is 0.384 e. The maximum absolute atomic E-state index is 13.1. The number of amides is 2. The molecule has 2 fully saturated rings. The van der Waals surface area contributed by atoms with E-state index < -0.39 is 5.41 Å². The summed E-state index contributed by atoms with van der Waals surface area (Å²) in [6.07, 6.45) is 1.59. The van der Waals surface area contributed by atoms with Gasteiger partial charge in [-0.3, -0.25) is 9.59 Å². The maximum atomic E-state index is 13.1.